The van der Waals surface area contributed by atoms with Gasteiger partial charge in [0.15, 0.2) is 0 Å². The predicted octanol–water partition coefficient (Wildman–Crippen LogP) is 3.29. The summed E-state index contributed by atoms with van der Waals surface area (Å²) in [5.74, 6) is -0.0795. The van der Waals surface area contributed by atoms with Crippen molar-refractivity contribution < 1.29 is 4.79 Å². The van der Waals surface area contributed by atoms with Gasteiger partial charge in [-0.05, 0) is 44.2 Å². The first-order valence-electron chi connectivity index (χ1n) is 6.78. The van der Waals surface area contributed by atoms with E-state index in [2.05, 4.69) is 4.98 Å². The first-order chi connectivity index (χ1) is 10.0. The quantitative estimate of drug-likeness (QED) is 0.882. The molecule has 1 aromatic heterocycles. The van der Waals surface area contributed by atoms with Gasteiger partial charge in [0.25, 0.3) is 5.91 Å². The Morgan fingerprint density at radius 3 is 2.71 bits per heavy atom. The van der Waals surface area contributed by atoms with Crippen molar-refractivity contribution in [3.63, 3.8) is 0 Å². The van der Waals surface area contributed by atoms with Crippen LogP contribution < -0.4 is 5.73 Å². The van der Waals surface area contributed by atoms with Crippen LogP contribution in [0, 0.1) is 6.92 Å². The Balaban J connectivity index is 2.20. The van der Waals surface area contributed by atoms with Crippen molar-refractivity contribution >= 4 is 23.2 Å². The standard InChI is InChI=1S/C16H18ClN3O/c1-3-20(10-13-6-4-5-11(2)19-13)16(21)12-7-8-14(17)15(18)9-12/h4-9H,3,10,18H2,1-2H3. The van der Waals surface area contributed by atoms with Crippen LogP contribution in [0.1, 0.15) is 28.7 Å². The van der Waals surface area contributed by atoms with Crippen LogP contribution >= 0.6 is 11.6 Å². The number of nitrogens with zero attached hydrogens (tertiary/aromatic N) is 2. The highest BCUT2D eigenvalue weighted by Crippen LogP contribution is 2.20. The first kappa shape index (κ1) is 15.3. The van der Waals surface area contributed by atoms with Gasteiger partial charge in [-0.25, -0.2) is 0 Å². The molecule has 0 saturated carbocycles. The van der Waals surface area contributed by atoms with Crippen molar-refractivity contribution in [3.05, 3.63) is 58.4 Å². The van der Waals surface area contributed by atoms with Crippen LogP contribution in [0.5, 0.6) is 0 Å². The molecule has 0 saturated heterocycles. The van der Waals surface area contributed by atoms with Crippen molar-refractivity contribution in [1.82, 2.24) is 9.88 Å². The van der Waals surface area contributed by atoms with Crippen LogP contribution in [0.25, 0.3) is 0 Å². The van der Waals surface area contributed by atoms with E-state index in [0.29, 0.717) is 29.4 Å². The van der Waals surface area contributed by atoms with Gasteiger partial charge >= 0.3 is 0 Å². The van der Waals surface area contributed by atoms with Crippen molar-refractivity contribution in [2.75, 3.05) is 12.3 Å². The molecule has 0 aliphatic heterocycles. The number of nitrogen functional groups attached to an aromatic ring is 1. The number of carbonyl (C=O) groups is 1. The molecule has 0 bridgehead atoms. The molecule has 4 nitrogen and oxygen atoms in total. The molecule has 0 radical (unpaired) electrons. The van der Waals surface area contributed by atoms with Crippen molar-refractivity contribution in [3.8, 4) is 0 Å². The third-order valence-corrected chi connectivity index (χ3v) is 3.55. The summed E-state index contributed by atoms with van der Waals surface area (Å²) in [6.07, 6.45) is 0. The Labute approximate surface area is 129 Å². The van der Waals surface area contributed by atoms with E-state index < -0.39 is 0 Å². The zero-order valence-corrected chi connectivity index (χ0v) is 12.9. The summed E-state index contributed by atoms with van der Waals surface area (Å²) in [5.41, 5.74) is 8.51. The number of halogens is 1. The molecular weight excluding hydrogens is 286 g/mol. The molecule has 0 spiro atoms. The Morgan fingerprint density at radius 2 is 2.10 bits per heavy atom. The number of hydrogen-bond donors (Lipinski definition) is 1. The second-order valence-electron chi connectivity index (χ2n) is 4.83. The van der Waals surface area contributed by atoms with Crippen molar-refractivity contribution in [1.29, 1.82) is 0 Å². The lowest BCUT2D eigenvalue weighted by Gasteiger charge is -2.21. The number of aryl methyl sites for hydroxylation is 1. The molecule has 110 valence electrons. The number of rotatable bonds is 4. The van der Waals surface area contributed by atoms with Gasteiger partial charge in [-0.2, -0.15) is 0 Å². The van der Waals surface area contributed by atoms with E-state index in [1.807, 2.05) is 32.0 Å². The predicted molar refractivity (Wildman–Crippen MR) is 85.3 cm³/mol. The topological polar surface area (TPSA) is 59.2 Å². The fourth-order valence-electron chi connectivity index (χ4n) is 2.07. The average Bonchev–Trinajstić information content (AvgIpc) is 2.47. The number of amides is 1. The van der Waals surface area contributed by atoms with E-state index in [1.54, 1.807) is 23.1 Å². The maximum atomic E-state index is 12.5. The lowest BCUT2D eigenvalue weighted by molar-refractivity contribution is 0.0750. The summed E-state index contributed by atoms with van der Waals surface area (Å²) < 4.78 is 0. The minimum absolute atomic E-state index is 0.0795. The Kier molecular flexibility index (Phi) is 4.81. The summed E-state index contributed by atoms with van der Waals surface area (Å²) in [5, 5.41) is 0.454. The van der Waals surface area contributed by atoms with Crippen LogP contribution in [0.4, 0.5) is 5.69 Å². The molecule has 0 unspecified atom stereocenters. The SMILES string of the molecule is CCN(Cc1cccc(C)n1)C(=O)c1ccc(Cl)c(N)c1. The lowest BCUT2D eigenvalue weighted by atomic mass is 10.1. The van der Waals surface area contributed by atoms with Crippen LogP contribution in [0.3, 0.4) is 0 Å². The van der Waals surface area contributed by atoms with Crippen molar-refractivity contribution in [2.24, 2.45) is 0 Å². The average molecular weight is 304 g/mol. The lowest BCUT2D eigenvalue weighted by Crippen LogP contribution is -2.30. The monoisotopic (exact) mass is 303 g/mol. The summed E-state index contributed by atoms with van der Waals surface area (Å²) in [6.45, 7) is 4.94. The minimum atomic E-state index is -0.0795. The molecular formula is C16H18ClN3O. The summed E-state index contributed by atoms with van der Waals surface area (Å²) >= 11 is 5.89. The van der Waals surface area contributed by atoms with Crippen LogP contribution in [-0.2, 0) is 6.54 Å². The van der Waals surface area contributed by atoms with E-state index in [9.17, 15) is 4.79 Å². The molecule has 0 fully saturated rings. The van der Waals surface area contributed by atoms with Crippen LogP contribution in [-0.4, -0.2) is 22.3 Å². The summed E-state index contributed by atoms with van der Waals surface area (Å²) in [6, 6.07) is 10.7. The normalized spacial score (nSPS) is 10.4. The van der Waals surface area contributed by atoms with Gasteiger partial charge in [0.2, 0.25) is 0 Å². The highest BCUT2D eigenvalue weighted by molar-refractivity contribution is 6.33. The van der Waals surface area contributed by atoms with E-state index >= 15 is 0 Å². The zero-order valence-electron chi connectivity index (χ0n) is 12.1. The van der Waals surface area contributed by atoms with Crippen LogP contribution in [0.15, 0.2) is 36.4 Å². The van der Waals surface area contributed by atoms with Gasteiger partial charge in [0, 0.05) is 17.8 Å². The van der Waals surface area contributed by atoms with E-state index in [-0.39, 0.29) is 5.91 Å². The Hall–Kier alpha value is -2.07. The highest BCUT2D eigenvalue weighted by Gasteiger charge is 2.16. The largest absolute Gasteiger partial charge is 0.398 e. The number of carbonyl (C=O) groups excluding carboxylic acids is 1. The summed E-state index contributed by atoms with van der Waals surface area (Å²) in [7, 11) is 0. The van der Waals surface area contributed by atoms with Gasteiger partial charge in [-0.1, -0.05) is 17.7 Å². The fourth-order valence-corrected chi connectivity index (χ4v) is 2.19. The minimum Gasteiger partial charge on any atom is -0.398 e. The van der Waals surface area contributed by atoms with Gasteiger partial charge in [-0.3, -0.25) is 9.78 Å². The molecule has 2 rings (SSSR count). The van der Waals surface area contributed by atoms with E-state index in [0.717, 1.165) is 11.4 Å². The fraction of sp³-hybridized carbons (Fsp3) is 0.250. The second-order valence-corrected chi connectivity index (χ2v) is 5.23. The first-order valence-corrected chi connectivity index (χ1v) is 7.16. The van der Waals surface area contributed by atoms with Gasteiger partial charge in [0.1, 0.15) is 0 Å². The van der Waals surface area contributed by atoms with Crippen LogP contribution in [0.2, 0.25) is 5.02 Å². The molecule has 5 heteroatoms. The highest BCUT2D eigenvalue weighted by atomic mass is 35.5. The second kappa shape index (κ2) is 6.59. The molecule has 1 aromatic carbocycles. The third kappa shape index (κ3) is 3.73. The van der Waals surface area contributed by atoms with E-state index in [4.69, 9.17) is 17.3 Å². The number of nitrogens with two attached hydrogens (primary N) is 1. The maximum absolute atomic E-state index is 12.5. The zero-order chi connectivity index (χ0) is 15.4. The molecule has 1 amide bonds. The molecule has 2 N–H and O–H groups in total. The van der Waals surface area contributed by atoms with Gasteiger partial charge in [-0.15, -0.1) is 0 Å². The molecule has 0 atom stereocenters. The molecule has 0 aliphatic carbocycles. The molecule has 21 heavy (non-hydrogen) atoms. The third-order valence-electron chi connectivity index (χ3n) is 3.21. The Morgan fingerprint density at radius 1 is 1.33 bits per heavy atom. The number of benzene rings is 1. The summed E-state index contributed by atoms with van der Waals surface area (Å²) in [4.78, 5) is 18.7. The smallest absolute Gasteiger partial charge is 0.254 e. The van der Waals surface area contributed by atoms with E-state index in [1.165, 1.54) is 0 Å². The van der Waals surface area contributed by atoms with Crippen molar-refractivity contribution in [2.45, 2.75) is 20.4 Å². The number of aromatic nitrogens is 1. The Bertz CT molecular complexity index is 658. The number of pyridine rings is 1. The van der Waals surface area contributed by atoms with Gasteiger partial charge in [0.05, 0.1) is 22.9 Å². The molecule has 1 heterocycles. The molecule has 2 aromatic rings. The number of hydrogen-bond acceptors (Lipinski definition) is 3. The van der Waals surface area contributed by atoms with Gasteiger partial charge < -0.3 is 10.6 Å². The number of anilines is 1. The molecule has 0 aliphatic rings. The maximum Gasteiger partial charge on any atom is 0.254 e.